The Morgan fingerprint density at radius 1 is 1.59 bits per heavy atom. The molecule has 0 spiro atoms. The summed E-state index contributed by atoms with van der Waals surface area (Å²) in [6.07, 6.45) is 10.3. The van der Waals surface area contributed by atoms with Crippen molar-refractivity contribution >= 4 is 0 Å². The van der Waals surface area contributed by atoms with Gasteiger partial charge in [-0.1, -0.05) is 0 Å². The molecule has 17 heavy (non-hydrogen) atoms. The Labute approximate surface area is 103 Å². The molecule has 94 valence electrons. The lowest BCUT2D eigenvalue weighted by Gasteiger charge is -2.30. The molecule has 2 aliphatic rings. The number of rotatable bonds is 4. The number of imidazole rings is 1. The largest absolute Gasteiger partial charge is 0.338 e. The summed E-state index contributed by atoms with van der Waals surface area (Å²) in [6.45, 7) is 2.25. The van der Waals surface area contributed by atoms with Gasteiger partial charge in [0.15, 0.2) is 0 Å². The van der Waals surface area contributed by atoms with E-state index in [0.717, 1.165) is 13.0 Å². The van der Waals surface area contributed by atoms with E-state index in [9.17, 15) is 0 Å². The molecule has 1 aromatic rings. The van der Waals surface area contributed by atoms with Gasteiger partial charge in [-0.25, -0.2) is 4.98 Å². The number of hydrogen-bond donors (Lipinski definition) is 2. The summed E-state index contributed by atoms with van der Waals surface area (Å²) >= 11 is 0. The van der Waals surface area contributed by atoms with Gasteiger partial charge in [-0.05, 0) is 32.2 Å². The van der Waals surface area contributed by atoms with Crippen LogP contribution in [0.1, 0.15) is 31.4 Å². The summed E-state index contributed by atoms with van der Waals surface area (Å²) in [6, 6.07) is 0.717. The van der Waals surface area contributed by atoms with Gasteiger partial charge in [-0.2, -0.15) is 0 Å². The standard InChI is InChI=1S/C13H22N4/c1-17-10-14-9-11(17)4-7-16-13-5-2-3-12(13)15-8-6-13/h9-10,12,15-16H,2-8H2,1H3. The molecule has 1 aliphatic heterocycles. The van der Waals surface area contributed by atoms with E-state index in [-0.39, 0.29) is 0 Å². The molecule has 1 saturated carbocycles. The lowest BCUT2D eigenvalue weighted by molar-refractivity contribution is 0.322. The Morgan fingerprint density at radius 2 is 2.53 bits per heavy atom. The monoisotopic (exact) mass is 234 g/mol. The average molecular weight is 234 g/mol. The van der Waals surface area contributed by atoms with Crippen LogP contribution < -0.4 is 10.6 Å². The second-order valence-electron chi connectivity index (χ2n) is 5.48. The van der Waals surface area contributed by atoms with E-state index in [0.29, 0.717) is 11.6 Å². The van der Waals surface area contributed by atoms with Crippen LogP contribution in [0.2, 0.25) is 0 Å². The highest BCUT2D eigenvalue weighted by Gasteiger charge is 2.45. The fraction of sp³-hybridized carbons (Fsp3) is 0.769. The van der Waals surface area contributed by atoms with Crippen LogP contribution in [0.5, 0.6) is 0 Å². The number of aromatic nitrogens is 2. The third-order valence-corrected chi connectivity index (χ3v) is 4.52. The van der Waals surface area contributed by atoms with Crippen LogP contribution in [0.4, 0.5) is 0 Å². The third kappa shape index (κ3) is 2.00. The van der Waals surface area contributed by atoms with Crippen LogP contribution in [0.3, 0.4) is 0 Å². The van der Waals surface area contributed by atoms with E-state index >= 15 is 0 Å². The first-order valence-corrected chi connectivity index (χ1v) is 6.74. The number of nitrogens with one attached hydrogen (secondary N) is 2. The molecule has 4 nitrogen and oxygen atoms in total. The van der Waals surface area contributed by atoms with Gasteiger partial charge in [-0.3, -0.25) is 0 Å². The van der Waals surface area contributed by atoms with Crippen molar-refractivity contribution in [1.82, 2.24) is 20.2 Å². The summed E-state index contributed by atoms with van der Waals surface area (Å²) < 4.78 is 2.11. The van der Waals surface area contributed by atoms with Crippen LogP contribution in [-0.4, -0.2) is 34.2 Å². The molecule has 4 heteroatoms. The summed E-state index contributed by atoms with van der Waals surface area (Å²) in [5.41, 5.74) is 1.72. The van der Waals surface area contributed by atoms with Crippen molar-refractivity contribution in [2.45, 2.75) is 43.7 Å². The Balaban J connectivity index is 1.56. The Kier molecular flexibility index (Phi) is 2.92. The number of fused-ring (bicyclic) bond motifs is 1. The van der Waals surface area contributed by atoms with Crippen molar-refractivity contribution in [3.05, 3.63) is 18.2 Å². The van der Waals surface area contributed by atoms with Crippen molar-refractivity contribution in [1.29, 1.82) is 0 Å². The summed E-state index contributed by atoms with van der Waals surface area (Å²) in [7, 11) is 2.07. The minimum atomic E-state index is 0.401. The summed E-state index contributed by atoms with van der Waals surface area (Å²) in [5.74, 6) is 0. The van der Waals surface area contributed by atoms with Gasteiger partial charge in [0.1, 0.15) is 0 Å². The zero-order chi connectivity index (χ0) is 11.7. The van der Waals surface area contributed by atoms with Gasteiger partial charge in [-0.15, -0.1) is 0 Å². The van der Waals surface area contributed by atoms with E-state index in [1.54, 1.807) is 0 Å². The van der Waals surface area contributed by atoms with Gasteiger partial charge in [0.2, 0.25) is 0 Å². The zero-order valence-corrected chi connectivity index (χ0v) is 10.6. The van der Waals surface area contributed by atoms with Crippen molar-refractivity contribution in [2.75, 3.05) is 13.1 Å². The fourth-order valence-electron chi connectivity index (χ4n) is 3.50. The highest BCUT2D eigenvalue weighted by atomic mass is 15.1. The van der Waals surface area contributed by atoms with Gasteiger partial charge in [0, 0.05) is 43.5 Å². The first-order chi connectivity index (χ1) is 8.30. The highest BCUT2D eigenvalue weighted by Crippen LogP contribution is 2.36. The first-order valence-electron chi connectivity index (χ1n) is 6.74. The zero-order valence-electron chi connectivity index (χ0n) is 10.6. The average Bonchev–Trinajstić information content (AvgIpc) is 2.94. The minimum absolute atomic E-state index is 0.401. The fourth-order valence-corrected chi connectivity index (χ4v) is 3.50. The Morgan fingerprint density at radius 3 is 3.35 bits per heavy atom. The van der Waals surface area contributed by atoms with Crippen LogP contribution in [0.25, 0.3) is 0 Å². The van der Waals surface area contributed by atoms with Gasteiger partial charge < -0.3 is 15.2 Å². The van der Waals surface area contributed by atoms with Crippen molar-refractivity contribution in [3.8, 4) is 0 Å². The number of aryl methyl sites for hydroxylation is 1. The van der Waals surface area contributed by atoms with Crippen molar-refractivity contribution < 1.29 is 0 Å². The Hall–Kier alpha value is -0.870. The summed E-state index contributed by atoms with van der Waals surface area (Å²) in [5, 5.41) is 7.45. The predicted molar refractivity (Wildman–Crippen MR) is 67.9 cm³/mol. The quantitative estimate of drug-likeness (QED) is 0.811. The van der Waals surface area contributed by atoms with Crippen molar-refractivity contribution in [2.24, 2.45) is 7.05 Å². The molecule has 2 heterocycles. The van der Waals surface area contributed by atoms with E-state index in [4.69, 9.17) is 0 Å². The van der Waals surface area contributed by atoms with E-state index in [1.165, 1.54) is 37.9 Å². The predicted octanol–water partition coefficient (Wildman–Crippen LogP) is 0.837. The maximum absolute atomic E-state index is 4.16. The second-order valence-corrected chi connectivity index (χ2v) is 5.48. The topological polar surface area (TPSA) is 41.9 Å². The normalized spacial score (nSPS) is 31.9. The first kappa shape index (κ1) is 11.2. The molecule has 1 aromatic heterocycles. The molecule has 0 bridgehead atoms. The van der Waals surface area contributed by atoms with Crippen LogP contribution >= 0.6 is 0 Å². The maximum Gasteiger partial charge on any atom is 0.0945 e. The SMILES string of the molecule is Cn1cncc1CCNC12CCCC1NCC2. The molecule has 0 amide bonds. The number of hydrogen-bond acceptors (Lipinski definition) is 3. The van der Waals surface area contributed by atoms with Crippen LogP contribution in [-0.2, 0) is 13.5 Å². The van der Waals surface area contributed by atoms with Gasteiger partial charge >= 0.3 is 0 Å². The molecule has 2 N–H and O–H groups in total. The smallest absolute Gasteiger partial charge is 0.0945 e. The maximum atomic E-state index is 4.16. The highest BCUT2D eigenvalue weighted by molar-refractivity contribution is 5.08. The molecule has 1 saturated heterocycles. The Bertz CT molecular complexity index is 375. The third-order valence-electron chi connectivity index (χ3n) is 4.52. The minimum Gasteiger partial charge on any atom is -0.338 e. The van der Waals surface area contributed by atoms with E-state index < -0.39 is 0 Å². The van der Waals surface area contributed by atoms with Gasteiger partial charge in [0.05, 0.1) is 6.33 Å². The molecule has 3 rings (SSSR count). The lowest BCUT2D eigenvalue weighted by atomic mass is 9.93. The second kappa shape index (κ2) is 4.42. The van der Waals surface area contributed by atoms with E-state index in [2.05, 4.69) is 27.2 Å². The summed E-state index contributed by atoms with van der Waals surface area (Å²) in [4.78, 5) is 4.16. The van der Waals surface area contributed by atoms with Crippen molar-refractivity contribution in [3.63, 3.8) is 0 Å². The molecular weight excluding hydrogens is 212 g/mol. The lowest BCUT2D eigenvalue weighted by Crippen LogP contribution is -2.50. The van der Waals surface area contributed by atoms with Crippen LogP contribution in [0.15, 0.2) is 12.5 Å². The van der Waals surface area contributed by atoms with E-state index in [1.807, 2.05) is 12.5 Å². The molecular formula is C13H22N4. The molecule has 2 fully saturated rings. The number of nitrogens with zero attached hydrogens (tertiary/aromatic N) is 2. The van der Waals surface area contributed by atoms with Crippen LogP contribution in [0, 0.1) is 0 Å². The molecule has 0 aromatic carbocycles. The molecule has 1 aliphatic carbocycles. The molecule has 0 radical (unpaired) electrons. The molecule has 2 unspecified atom stereocenters. The van der Waals surface area contributed by atoms with Gasteiger partial charge in [0.25, 0.3) is 0 Å². The molecule has 2 atom stereocenters.